The lowest BCUT2D eigenvalue weighted by molar-refractivity contribution is 0.415. The second-order valence-electron chi connectivity index (χ2n) is 4.78. The highest BCUT2D eigenvalue weighted by atomic mass is 32.1. The molecule has 3 heteroatoms. The van der Waals surface area contributed by atoms with Crippen LogP contribution in [0.25, 0.3) is 21.2 Å². The maximum absolute atomic E-state index is 5.26. The van der Waals surface area contributed by atoms with Gasteiger partial charge in [-0.3, -0.25) is 0 Å². The summed E-state index contributed by atoms with van der Waals surface area (Å²) in [6, 6.07) is 15.0. The molecule has 1 N–H and O–H groups in total. The van der Waals surface area contributed by atoms with Crippen LogP contribution in [0.4, 0.5) is 0 Å². The van der Waals surface area contributed by atoms with Crippen LogP contribution in [0.15, 0.2) is 47.8 Å². The smallest absolute Gasteiger partial charge is 0.119 e. The van der Waals surface area contributed by atoms with Crippen molar-refractivity contribution in [1.82, 2.24) is 5.32 Å². The number of methoxy groups -OCH3 is 1. The van der Waals surface area contributed by atoms with Crippen molar-refractivity contribution in [2.24, 2.45) is 0 Å². The van der Waals surface area contributed by atoms with Crippen molar-refractivity contribution in [1.29, 1.82) is 0 Å². The molecule has 0 saturated carbocycles. The Balaban J connectivity index is 1.99. The Morgan fingerprint density at radius 2 is 1.85 bits per heavy atom. The summed E-state index contributed by atoms with van der Waals surface area (Å²) in [5.74, 6) is 0.901. The standard InChI is InChI=1S/C17H17NOS/c1-18-10-12-7-17(20-11-12)15-4-3-14-9-16(19-2)6-5-13(14)8-15/h3-9,11,18H,10H2,1-2H3. The molecule has 0 bridgehead atoms. The van der Waals surface area contributed by atoms with Gasteiger partial charge in [0.1, 0.15) is 5.75 Å². The first-order valence-corrected chi connectivity index (χ1v) is 7.48. The largest absolute Gasteiger partial charge is 0.497 e. The molecule has 1 aromatic heterocycles. The third-order valence-corrected chi connectivity index (χ3v) is 4.39. The highest BCUT2D eigenvalue weighted by Crippen LogP contribution is 2.31. The SMILES string of the molecule is CNCc1csc(-c2ccc3cc(OC)ccc3c2)c1. The summed E-state index contributed by atoms with van der Waals surface area (Å²) in [4.78, 5) is 1.31. The molecule has 0 unspecified atom stereocenters. The van der Waals surface area contributed by atoms with E-state index >= 15 is 0 Å². The molecule has 2 nitrogen and oxygen atoms in total. The fourth-order valence-corrected chi connectivity index (χ4v) is 3.24. The summed E-state index contributed by atoms with van der Waals surface area (Å²) in [5, 5.41) is 7.85. The van der Waals surface area contributed by atoms with Gasteiger partial charge in [0.25, 0.3) is 0 Å². The first-order valence-electron chi connectivity index (χ1n) is 6.60. The molecule has 0 spiro atoms. The molecule has 0 aliphatic heterocycles. The minimum absolute atomic E-state index is 0.901. The summed E-state index contributed by atoms with van der Waals surface area (Å²) >= 11 is 1.79. The van der Waals surface area contributed by atoms with Gasteiger partial charge in [0.05, 0.1) is 7.11 Å². The van der Waals surface area contributed by atoms with Crippen molar-refractivity contribution >= 4 is 22.1 Å². The van der Waals surface area contributed by atoms with Gasteiger partial charge in [-0.25, -0.2) is 0 Å². The number of hydrogen-bond acceptors (Lipinski definition) is 3. The van der Waals surface area contributed by atoms with Crippen molar-refractivity contribution in [2.75, 3.05) is 14.2 Å². The van der Waals surface area contributed by atoms with Crippen LogP contribution in [-0.4, -0.2) is 14.2 Å². The second kappa shape index (κ2) is 5.65. The predicted octanol–water partition coefficient (Wildman–Crippen LogP) is 4.30. The zero-order valence-electron chi connectivity index (χ0n) is 11.6. The van der Waals surface area contributed by atoms with E-state index in [-0.39, 0.29) is 0 Å². The van der Waals surface area contributed by atoms with E-state index in [1.807, 2.05) is 13.1 Å². The van der Waals surface area contributed by atoms with Crippen molar-refractivity contribution < 1.29 is 4.74 Å². The van der Waals surface area contributed by atoms with Gasteiger partial charge < -0.3 is 10.1 Å². The molecule has 3 rings (SSSR count). The molecular weight excluding hydrogens is 266 g/mol. The number of thiophene rings is 1. The summed E-state index contributed by atoms with van der Waals surface area (Å²) in [5.41, 5.74) is 2.61. The molecule has 0 aliphatic rings. The topological polar surface area (TPSA) is 21.3 Å². The zero-order valence-corrected chi connectivity index (χ0v) is 12.5. The van der Waals surface area contributed by atoms with Crippen LogP contribution in [0.5, 0.6) is 5.75 Å². The van der Waals surface area contributed by atoms with Crippen LogP contribution >= 0.6 is 11.3 Å². The number of rotatable bonds is 4. The molecule has 0 aliphatic carbocycles. The number of nitrogens with one attached hydrogen (secondary N) is 1. The summed E-state index contributed by atoms with van der Waals surface area (Å²) < 4.78 is 5.26. The molecule has 1 heterocycles. The fraction of sp³-hybridized carbons (Fsp3) is 0.176. The van der Waals surface area contributed by atoms with Crippen molar-refractivity contribution in [3.8, 4) is 16.2 Å². The van der Waals surface area contributed by atoms with E-state index in [1.165, 1.54) is 26.8 Å². The van der Waals surface area contributed by atoms with Crippen LogP contribution in [-0.2, 0) is 6.54 Å². The number of hydrogen-bond donors (Lipinski definition) is 1. The Hall–Kier alpha value is -1.84. The lowest BCUT2D eigenvalue weighted by Gasteiger charge is -2.04. The first kappa shape index (κ1) is 13.2. The molecule has 0 amide bonds. The zero-order chi connectivity index (χ0) is 13.9. The molecule has 0 fully saturated rings. The molecule has 0 radical (unpaired) electrons. The van der Waals surface area contributed by atoms with Gasteiger partial charge in [0.15, 0.2) is 0 Å². The minimum Gasteiger partial charge on any atom is -0.497 e. The van der Waals surface area contributed by atoms with Crippen LogP contribution in [0.1, 0.15) is 5.56 Å². The monoisotopic (exact) mass is 283 g/mol. The van der Waals surface area contributed by atoms with Crippen LogP contribution in [0, 0.1) is 0 Å². The van der Waals surface area contributed by atoms with E-state index < -0.39 is 0 Å². The van der Waals surface area contributed by atoms with Crippen LogP contribution in [0.3, 0.4) is 0 Å². The Labute approximate surface area is 123 Å². The highest BCUT2D eigenvalue weighted by molar-refractivity contribution is 7.13. The summed E-state index contributed by atoms with van der Waals surface area (Å²) in [6.45, 7) is 0.918. The van der Waals surface area contributed by atoms with Crippen molar-refractivity contribution in [3.63, 3.8) is 0 Å². The fourth-order valence-electron chi connectivity index (χ4n) is 2.33. The number of fused-ring (bicyclic) bond motifs is 1. The predicted molar refractivity (Wildman–Crippen MR) is 86.6 cm³/mol. The Morgan fingerprint density at radius 3 is 2.65 bits per heavy atom. The normalized spacial score (nSPS) is 10.9. The van der Waals surface area contributed by atoms with E-state index in [1.54, 1.807) is 18.4 Å². The maximum atomic E-state index is 5.26. The van der Waals surface area contributed by atoms with Crippen molar-refractivity contribution in [2.45, 2.75) is 6.54 Å². The lowest BCUT2D eigenvalue weighted by atomic mass is 10.1. The molecule has 3 aromatic rings. The molecule has 2 aromatic carbocycles. The van der Waals surface area contributed by atoms with E-state index in [9.17, 15) is 0 Å². The van der Waals surface area contributed by atoms with E-state index in [0.717, 1.165) is 12.3 Å². The quantitative estimate of drug-likeness (QED) is 0.771. The molecular formula is C17H17NOS. The summed E-state index contributed by atoms with van der Waals surface area (Å²) in [6.07, 6.45) is 0. The minimum atomic E-state index is 0.901. The van der Waals surface area contributed by atoms with Gasteiger partial charge >= 0.3 is 0 Å². The average Bonchev–Trinajstić information content (AvgIpc) is 2.95. The van der Waals surface area contributed by atoms with Gasteiger partial charge in [0.2, 0.25) is 0 Å². The van der Waals surface area contributed by atoms with E-state index in [4.69, 9.17) is 4.74 Å². The van der Waals surface area contributed by atoms with Crippen LogP contribution in [0.2, 0.25) is 0 Å². The first-order chi connectivity index (χ1) is 9.80. The number of benzene rings is 2. The lowest BCUT2D eigenvalue weighted by Crippen LogP contribution is -2.03. The van der Waals surface area contributed by atoms with Gasteiger partial charge in [-0.15, -0.1) is 11.3 Å². The van der Waals surface area contributed by atoms with Gasteiger partial charge in [-0.05, 0) is 58.6 Å². The Bertz CT molecular complexity index is 733. The third kappa shape index (κ3) is 2.55. The van der Waals surface area contributed by atoms with E-state index in [2.05, 4.69) is 47.1 Å². The molecule has 102 valence electrons. The number of ether oxygens (including phenoxy) is 1. The van der Waals surface area contributed by atoms with Gasteiger partial charge in [-0.1, -0.05) is 18.2 Å². The Morgan fingerprint density at radius 1 is 1.05 bits per heavy atom. The van der Waals surface area contributed by atoms with Crippen molar-refractivity contribution in [3.05, 3.63) is 53.4 Å². The average molecular weight is 283 g/mol. The molecule has 0 atom stereocenters. The molecule has 20 heavy (non-hydrogen) atoms. The maximum Gasteiger partial charge on any atom is 0.119 e. The summed E-state index contributed by atoms with van der Waals surface area (Å²) in [7, 11) is 3.67. The third-order valence-electron chi connectivity index (χ3n) is 3.37. The Kier molecular flexibility index (Phi) is 3.72. The van der Waals surface area contributed by atoms with E-state index in [0.29, 0.717) is 0 Å². The van der Waals surface area contributed by atoms with Gasteiger partial charge in [-0.2, -0.15) is 0 Å². The molecule has 0 saturated heterocycles. The highest BCUT2D eigenvalue weighted by Gasteiger charge is 2.04. The van der Waals surface area contributed by atoms with Gasteiger partial charge in [0, 0.05) is 11.4 Å². The second-order valence-corrected chi connectivity index (χ2v) is 5.69. The van der Waals surface area contributed by atoms with Crippen LogP contribution < -0.4 is 10.1 Å².